The van der Waals surface area contributed by atoms with Crippen molar-refractivity contribution in [3.63, 3.8) is 0 Å². The predicted molar refractivity (Wildman–Crippen MR) is 128 cm³/mol. The van der Waals surface area contributed by atoms with E-state index >= 15 is 0 Å². The molecule has 0 unspecified atom stereocenters. The van der Waals surface area contributed by atoms with Gasteiger partial charge in [-0.05, 0) is 33.8 Å². The smallest absolute Gasteiger partial charge is 0.300 e. The van der Waals surface area contributed by atoms with Crippen molar-refractivity contribution in [3.05, 3.63) is 91.8 Å². The molecular weight excluding hydrogens is 471 g/mol. The highest BCUT2D eigenvalue weighted by atomic mass is 19.1. The maximum absolute atomic E-state index is 13.3. The summed E-state index contributed by atoms with van der Waals surface area (Å²) in [5, 5.41) is 21.8. The van der Waals surface area contributed by atoms with Crippen molar-refractivity contribution in [2.45, 2.75) is 27.7 Å². The highest BCUT2D eigenvalue weighted by Gasteiger charge is 2.19. The first-order valence-electron chi connectivity index (χ1n) is 10.6. The molecule has 0 amide bonds. The zero-order valence-electron chi connectivity index (χ0n) is 19.6. The van der Waals surface area contributed by atoms with Crippen LogP contribution in [0.5, 0.6) is 0 Å². The molecule has 36 heavy (non-hydrogen) atoms. The average Bonchev–Trinajstić information content (AvgIpc) is 3.35. The third-order valence-electron chi connectivity index (χ3n) is 5.49. The van der Waals surface area contributed by atoms with E-state index in [1.165, 1.54) is 12.4 Å². The summed E-state index contributed by atoms with van der Waals surface area (Å²) in [6.07, 6.45) is 4.74. The van der Waals surface area contributed by atoms with Gasteiger partial charge in [0.2, 0.25) is 5.82 Å². The van der Waals surface area contributed by atoms with Crippen molar-refractivity contribution in [2.75, 3.05) is 0 Å². The summed E-state index contributed by atoms with van der Waals surface area (Å²) in [6.45, 7) is 7.19. The Labute approximate surface area is 202 Å². The van der Waals surface area contributed by atoms with Crippen molar-refractivity contribution >= 4 is 33.4 Å². The second-order valence-electron chi connectivity index (χ2n) is 7.89. The number of imidazole rings is 1. The number of aryl methyl sites for hydroxylation is 4. The Morgan fingerprint density at radius 1 is 0.722 bits per heavy atom. The molecule has 0 bridgehead atoms. The van der Waals surface area contributed by atoms with Gasteiger partial charge in [0.1, 0.15) is 5.69 Å². The van der Waals surface area contributed by atoms with Gasteiger partial charge in [0.05, 0.1) is 61.0 Å². The van der Waals surface area contributed by atoms with Crippen molar-refractivity contribution in [1.82, 2.24) is 29.5 Å². The average molecular weight is 490 g/mol. The zero-order valence-corrected chi connectivity index (χ0v) is 19.6. The fourth-order valence-corrected chi connectivity index (χ4v) is 3.39. The number of fused-ring (bicyclic) bond motifs is 2. The van der Waals surface area contributed by atoms with Crippen LogP contribution in [-0.4, -0.2) is 39.3 Å². The minimum absolute atomic E-state index is 0.0203. The summed E-state index contributed by atoms with van der Waals surface area (Å²) in [4.78, 5) is 41.5. The molecule has 0 aliphatic heterocycles. The van der Waals surface area contributed by atoms with Gasteiger partial charge < -0.3 is 4.57 Å². The van der Waals surface area contributed by atoms with Crippen molar-refractivity contribution in [2.24, 2.45) is 0 Å². The molecule has 0 aliphatic carbocycles. The normalized spacial score (nSPS) is 10.8. The molecule has 0 saturated heterocycles. The van der Waals surface area contributed by atoms with Gasteiger partial charge >= 0.3 is 5.69 Å². The standard InChI is InChI=1S/C13H11N5O2.C10H8FN3O2/c1-8-9(2)16-11-6-13(18(19)20)12(5-10(11)15-8)17-4-3-14-7-17;1-5-6(2)13-9-4-10(14(15)16)7(11)3-8(9)12-5/h3-7H,1-2H3;3-4H,1-2H3. The Balaban J connectivity index is 0.000000174. The topological polar surface area (TPSA) is 156 Å². The van der Waals surface area contributed by atoms with E-state index < -0.39 is 21.4 Å². The molecule has 5 rings (SSSR count). The van der Waals surface area contributed by atoms with Crippen molar-refractivity contribution in [3.8, 4) is 5.69 Å². The zero-order chi connectivity index (χ0) is 26.1. The number of nitro benzene ring substituents is 2. The Morgan fingerprint density at radius 2 is 1.17 bits per heavy atom. The molecule has 13 heteroatoms. The highest BCUT2D eigenvalue weighted by molar-refractivity contribution is 5.82. The molecule has 182 valence electrons. The fourth-order valence-electron chi connectivity index (χ4n) is 3.39. The van der Waals surface area contributed by atoms with E-state index in [-0.39, 0.29) is 5.69 Å². The number of halogens is 1. The molecule has 5 aromatic rings. The van der Waals surface area contributed by atoms with Gasteiger partial charge in [0.15, 0.2) is 0 Å². The first-order chi connectivity index (χ1) is 17.0. The summed E-state index contributed by atoms with van der Waals surface area (Å²) in [5.41, 5.74) is 4.56. The minimum Gasteiger partial charge on any atom is -0.300 e. The van der Waals surface area contributed by atoms with E-state index in [0.717, 1.165) is 23.5 Å². The maximum Gasteiger partial charge on any atom is 0.307 e. The highest BCUT2D eigenvalue weighted by Crippen LogP contribution is 2.28. The first-order valence-corrected chi connectivity index (χ1v) is 10.6. The minimum atomic E-state index is -0.893. The van der Waals surface area contributed by atoms with Gasteiger partial charge in [0.25, 0.3) is 5.69 Å². The van der Waals surface area contributed by atoms with Gasteiger partial charge in [-0.25, -0.2) is 24.9 Å². The molecule has 3 aromatic heterocycles. The van der Waals surface area contributed by atoms with E-state index in [1.807, 2.05) is 13.8 Å². The van der Waals surface area contributed by atoms with E-state index in [9.17, 15) is 24.6 Å². The van der Waals surface area contributed by atoms with Crippen LogP contribution >= 0.6 is 0 Å². The lowest BCUT2D eigenvalue weighted by molar-refractivity contribution is -0.387. The molecular formula is C23H19FN8O4. The number of rotatable bonds is 3. The van der Waals surface area contributed by atoms with Crippen LogP contribution in [0.1, 0.15) is 22.8 Å². The van der Waals surface area contributed by atoms with E-state index in [1.54, 1.807) is 36.9 Å². The Kier molecular flexibility index (Phi) is 6.29. The van der Waals surface area contributed by atoms with E-state index in [0.29, 0.717) is 39.1 Å². The molecule has 0 N–H and O–H groups in total. The van der Waals surface area contributed by atoms with Crippen LogP contribution < -0.4 is 0 Å². The number of hydrogen-bond acceptors (Lipinski definition) is 9. The number of aromatic nitrogens is 6. The van der Waals surface area contributed by atoms with E-state index in [4.69, 9.17) is 0 Å². The molecule has 0 saturated carbocycles. The van der Waals surface area contributed by atoms with Crippen LogP contribution in [0.3, 0.4) is 0 Å². The Bertz CT molecular complexity index is 1650. The molecule has 0 aliphatic rings. The third kappa shape index (κ3) is 4.66. The number of hydrogen-bond donors (Lipinski definition) is 0. The van der Waals surface area contributed by atoms with Gasteiger partial charge in [-0.15, -0.1) is 0 Å². The second-order valence-corrected chi connectivity index (χ2v) is 7.89. The summed E-state index contributed by atoms with van der Waals surface area (Å²) >= 11 is 0. The van der Waals surface area contributed by atoms with Crippen LogP contribution in [0.25, 0.3) is 27.8 Å². The van der Waals surface area contributed by atoms with Gasteiger partial charge in [0, 0.05) is 30.6 Å². The third-order valence-corrected chi connectivity index (χ3v) is 5.49. The fraction of sp³-hybridized carbons (Fsp3) is 0.174. The monoisotopic (exact) mass is 490 g/mol. The number of nitrogens with zero attached hydrogens (tertiary/aromatic N) is 8. The maximum atomic E-state index is 13.3. The van der Waals surface area contributed by atoms with E-state index in [2.05, 4.69) is 24.9 Å². The lowest BCUT2D eigenvalue weighted by Crippen LogP contribution is -2.01. The molecule has 0 spiro atoms. The van der Waals surface area contributed by atoms with Crippen LogP contribution in [0.4, 0.5) is 15.8 Å². The molecule has 0 radical (unpaired) electrons. The van der Waals surface area contributed by atoms with Gasteiger partial charge in [-0.1, -0.05) is 0 Å². The lowest BCUT2D eigenvalue weighted by atomic mass is 10.2. The SMILES string of the molecule is Cc1nc2cc(-n3ccnc3)c([N+](=O)[O-])cc2nc1C.Cc1nc2cc(F)c([N+](=O)[O-])cc2nc1C. The summed E-state index contributed by atoms with van der Waals surface area (Å²) in [7, 11) is 0. The van der Waals surface area contributed by atoms with Crippen LogP contribution in [0.2, 0.25) is 0 Å². The number of benzene rings is 2. The van der Waals surface area contributed by atoms with Crippen molar-refractivity contribution < 1.29 is 14.2 Å². The predicted octanol–water partition coefficient (Wildman–Crippen LogP) is 4.63. The molecule has 0 fully saturated rings. The first kappa shape index (κ1) is 24.2. The van der Waals surface area contributed by atoms with Crippen LogP contribution in [0, 0.1) is 53.7 Å². The molecule has 2 aromatic carbocycles. The summed E-state index contributed by atoms with van der Waals surface area (Å²) in [5.74, 6) is -0.893. The Hall–Kier alpha value is -4.94. The quantitative estimate of drug-likeness (QED) is 0.260. The molecule has 0 atom stereocenters. The summed E-state index contributed by atoms with van der Waals surface area (Å²) < 4.78 is 14.9. The van der Waals surface area contributed by atoms with Crippen LogP contribution in [-0.2, 0) is 0 Å². The molecule has 12 nitrogen and oxygen atoms in total. The van der Waals surface area contributed by atoms with Gasteiger partial charge in [-0.2, -0.15) is 4.39 Å². The van der Waals surface area contributed by atoms with Gasteiger partial charge in [-0.3, -0.25) is 20.2 Å². The second kappa shape index (κ2) is 9.37. The molecule has 3 heterocycles. The summed E-state index contributed by atoms with van der Waals surface area (Å²) in [6, 6.07) is 5.25. The van der Waals surface area contributed by atoms with Crippen molar-refractivity contribution in [1.29, 1.82) is 0 Å². The number of nitro groups is 2. The van der Waals surface area contributed by atoms with Crippen LogP contribution in [0.15, 0.2) is 43.0 Å². The Morgan fingerprint density at radius 3 is 1.61 bits per heavy atom. The lowest BCUT2D eigenvalue weighted by Gasteiger charge is -2.07. The largest absolute Gasteiger partial charge is 0.307 e.